The van der Waals surface area contributed by atoms with Gasteiger partial charge in [-0.1, -0.05) is 6.07 Å². The summed E-state index contributed by atoms with van der Waals surface area (Å²) in [7, 11) is 3.60. The number of phenols is 1. The smallest absolute Gasteiger partial charge is 0.141 e. The molecule has 0 bridgehead atoms. The van der Waals surface area contributed by atoms with Gasteiger partial charge in [0.25, 0.3) is 0 Å². The van der Waals surface area contributed by atoms with Gasteiger partial charge in [-0.05, 0) is 42.0 Å². The minimum atomic E-state index is 0.269. The fraction of sp³-hybridized carbons (Fsp3) is 0.200. The van der Waals surface area contributed by atoms with E-state index in [0.29, 0.717) is 11.4 Å². The second-order valence-corrected chi connectivity index (χ2v) is 4.45. The fourth-order valence-corrected chi connectivity index (χ4v) is 1.95. The molecule has 2 aromatic rings. The van der Waals surface area contributed by atoms with Crippen LogP contribution in [0.1, 0.15) is 5.56 Å². The molecule has 3 N–H and O–H groups in total. The molecule has 0 heterocycles. The number of nitrogen functional groups attached to an aromatic ring is 1. The molecule has 0 aliphatic heterocycles. The first-order chi connectivity index (χ1) is 9.10. The van der Waals surface area contributed by atoms with Crippen molar-refractivity contribution in [1.82, 2.24) is 0 Å². The van der Waals surface area contributed by atoms with Crippen molar-refractivity contribution in [1.29, 1.82) is 0 Å². The van der Waals surface area contributed by atoms with Crippen molar-refractivity contribution in [2.75, 3.05) is 24.8 Å². The second-order valence-electron chi connectivity index (χ2n) is 4.45. The number of aromatic hydroxyl groups is 1. The number of nitrogens with zero attached hydrogens (tertiary/aromatic N) is 1. The lowest BCUT2D eigenvalue weighted by Gasteiger charge is -2.20. The molecule has 0 unspecified atom stereocenters. The summed E-state index contributed by atoms with van der Waals surface area (Å²) in [6.45, 7) is 0.735. The van der Waals surface area contributed by atoms with Crippen LogP contribution in [0.25, 0.3) is 0 Å². The van der Waals surface area contributed by atoms with Crippen LogP contribution in [0.2, 0.25) is 0 Å². The lowest BCUT2D eigenvalue weighted by molar-refractivity contribution is 0.417. The Morgan fingerprint density at radius 3 is 2.42 bits per heavy atom. The zero-order valence-corrected chi connectivity index (χ0v) is 11.1. The molecular formula is C15H18N2O2. The highest BCUT2D eigenvalue weighted by Crippen LogP contribution is 2.24. The van der Waals surface area contributed by atoms with E-state index in [-0.39, 0.29) is 5.75 Å². The normalized spacial score (nSPS) is 10.2. The Morgan fingerprint density at radius 2 is 1.84 bits per heavy atom. The van der Waals surface area contributed by atoms with Crippen LogP contribution in [0.4, 0.5) is 11.4 Å². The van der Waals surface area contributed by atoms with Gasteiger partial charge < -0.3 is 20.5 Å². The van der Waals surface area contributed by atoms with Crippen LogP contribution in [-0.2, 0) is 6.54 Å². The van der Waals surface area contributed by atoms with Gasteiger partial charge in [0.05, 0.1) is 12.8 Å². The van der Waals surface area contributed by atoms with Crippen LogP contribution < -0.4 is 15.4 Å². The summed E-state index contributed by atoms with van der Waals surface area (Å²) in [6.07, 6.45) is 0. The van der Waals surface area contributed by atoms with Crippen molar-refractivity contribution in [3.63, 3.8) is 0 Å². The lowest BCUT2D eigenvalue weighted by Crippen LogP contribution is -2.16. The standard InChI is InChI=1S/C15H18N2O2/c1-17(12-4-6-13(18)7-5-12)10-11-3-8-15(19-2)14(16)9-11/h3-9,18H,10,16H2,1-2H3. The Labute approximate surface area is 113 Å². The zero-order chi connectivity index (χ0) is 13.8. The van der Waals surface area contributed by atoms with Crippen molar-refractivity contribution in [3.05, 3.63) is 48.0 Å². The predicted octanol–water partition coefficient (Wildman–Crippen LogP) is 2.62. The summed E-state index contributed by atoms with van der Waals surface area (Å²) in [5, 5.41) is 9.27. The van der Waals surface area contributed by atoms with E-state index in [1.54, 1.807) is 19.2 Å². The van der Waals surface area contributed by atoms with Gasteiger partial charge in [-0.15, -0.1) is 0 Å². The number of hydrogen-bond donors (Lipinski definition) is 2. The molecule has 0 aliphatic rings. The van der Waals surface area contributed by atoms with Gasteiger partial charge in [0, 0.05) is 19.3 Å². The molecule has 0 aliphatic carbocycles. The van der Waals surface area contributed by atoms with Crippen molar-refractivity contribution >= 4 is 11.4 Å². The summed E-state index contributed by atoms with van der Waals surface area (Å²) in [5.74, 6) is 0.960. The van der Waals surface area contributed by atoms with Gasteiger partial charge in [0.15, 0.2) is 0 Å². The number of ether oxygens (including phenoxy) is 1. The molecule has 0 aromatic heterocycles. The first-order valence-corrected chi connectivity index (χ1v) is 6.02. The van der Waals surface area contributed by atoms with E-state index in [1.165, 1.54) is 0 Å². The van der Waals surface area contributed by atoms with Crippen LogP contribution in [-0.4, -0.2) is 19.3 Å². The molecule has 2 aromatic carbocycles. The minimum Gasteiger partial charge on any atom is -0.508 e. The van der Waals surface area contributed by atoms with Crippen molar-refractivity contribution in [2.45, 2.75) is 6.54 Å². The van der Waals surface area contributed by atoms with E-state index in [4.69, 9.17) is 10.5 Å². The third kappa shape index (κ3) is 3.10. The number of rotatable bonds is 4. The summed E-state index contributed by atoms with van der Waals surface area (Å²) in [6, 6.07) is 12.9. The van der Waals surface area contributed by atoms with Gasteiger partial charge in [0.2, 0.25) is 0 Å². The minimum absolute atomic E-state index is 0.269. The average Bonchev–Trinajstić information content (AvgIpc) is 2.39. The lowest BCUT2D eigenvalue weighted by atomic mass is 10.1. The predicted molar refractivity (Wildman–Crippen MR) is 77.6 cm³/mol. The molecular weight excluding hydrogens is 240 g/mol. The monoisotopic (exact) mass is 258 g/mol. The number of anilines is 2. The molecule has 4 nitrogen and oxygen atoms in total. The number of hydrogen-bond acceptors (Lipinski definition) is 4. The van der Waals surface area contributed by atoms with Crippen molar-refractivity contribution in [2.24, 2.45) is 0 Å². The highest BCUT2D eigenvalue weighted by atomic mass is 16.5. The Balaban J connectivity index is 2.12. The highest BCUT2D eigenvalue weighted by molar-refractivity contribution is 5.55. The maximum absolute atomic E-state index is 9.27. The largest absolute Gasteiger partial charge is 0.508 e. The Kier molecular flexibility index (Phi) is 3.80. The molecule has 4 heteroatoms. The third-order valence-electron chi connectivity index (χ3n) is 3.00. The number of phenolic OH excluding ortho intramolecular Hbond substituents is 1. The number of methoxy groups -OCH3 is 1. The fourth-order valence-electron chi connectivity index (χ4n) is 1.95. The van der Waals surface area contributed by atoms with Crippen molar-refractivity contribution in [3.8, 4) is 11.5 Å². The van der Waals surface area contributed by atoms with E-state index < -0.39 is 0 Å². The Bertz CT molecular complexity index is 553. The first kappa shape index (κ1) is 13.1. The van der Waals surface area contributed by atoms with Gasteiger partial charge >= 0.3 is 0 Å². The molecule has 0 saturated carbocycles. The molecule has 0 radical (unpaired) electrons. The topological polar surface area (TPSA) is 58.7 Å². The summed E-state index contributed by atoms with van der Waals surface area (Å²) >= 11 is 0. The molecule has 0 spiro atoms. The summed E-state index contributed by atoms with van der Waals surface area (Å²) in [5.41, 5.74) is 8.67. The van der Waals surface area contributed by atoms with Crippen LogP contribution in [0, 0.1) is 0 Å². The quantitative estimate of drug-likeness (QED) is 0.828. The Morgan fingerprint density at radius 1 is 1.16 bits per heavy atom. The van der Waals surface area contributed by atoms with E-state index in [0.717, 1.165) is 17.8 Å². The SMILES string of the molecule is COc1ccc(CN(C)c2ccc(O)cc2)cc1N. The van der Waals surface area contributed by atoms with Gasteiger partial charge in [-0.2, -0.15) is 0 Å². The first-order valence-electron chi connectivity index (χ1n) is 6.02. The van der Waals surface area contributed by atoms with Gasteiger partial charge in [-0.25, -0.2) is 0 Å². The zero-order valence-electron chi connectivity index (χ0n) is 11.1. The molecule has 100 valence electrons. The Hall–Kier alpha value is -2.36. The maximum atomic E-state index is 9.27. The maximum Gasteiger partial charge on any atom is 0.141 e. The van der Waals surface area contributed by atoms with E-state index in [1.807, 2.05) is 37.4 Å². The average molecular weight is 258 g/mol. The van der Waals surface area contributed by atoms with Gasteiger partial charge in [0.1, 0.15) is 11.5 Å². The molecule has 0 atom stereocenters. The highest BCUT2D eigenvalue weighted by Gasteiger charge is 2.05. The van der Waals surface area contributed by atoms with Crippen molar-refractivity contribution < 1.29 is 9.84 Å². The summed E-state index contributed by atoms with van der Waals surface area (Å²) in [4.78, 5) is 2.08. The molecule has 19 heavy (non-hydrogen) atoms. The van der Waals surface area contributed by atoms with Crippen LogP contribution in [0.5, 0.6) is 11.5 Å². The van der Waals surface area contributed by atoms with Crippen LogP contribution in [0.15, 0.2) is 42.5 Å². The van der Waals surface area contributed by atoms with Crippen LogP contribution >= 0.6 is 0 Å². The molecule has 0 saturated heterocycles. The number of benzene rings is 2. The van der Waals surface area contributed by atoms with Crippen LogP contribution in [0.3, 0.4) is 0 Å². The van der Waals surface area contributed by atoms with E-state index in [2.05, 4.69) is 4.90 Å². The third-order valence-corrected chi connectivity index (χ3v) is 3.00. The molecule has 0 fully saturated rings. The molecule has 2 rings (SSSR count). The second kappa shape index (κ2) is 5.52. The molecule has 0 amide bonds. The van der Waals surface area contributed by atoms with E-state index >= 15 is 0 Å². The summed E-state index contributed by atoms with van der Waals surface area (Å²) < 4.78 is 5.14. The number of nitrogens with two attached hydrogens (primary N) is 1. The van der Waals surface area contributed by atoms with Gasteiger partial charge in [-0.3, -0.25) is 0 Å². The van der Waals surface area contributed by atoms with E-state index in [9.17, 15) is 5.11 Å².